The van der Waals surface area contributed by atoms with Crippen molar-refractivity contribution in [3.05, 3.63) is 29.6 Å². The first-order valence-corrected chi connectivity index (χ1v) is 6.67. The number of aryl methyl sites for hydroxylation is 1. The van der Waals surface area contributed by atoms with Gasteiger partial charge in [-0.2, -0.15) is 0 Å². The molecule has 1 heterocycles. The van der Waals surface area contributed by atoms with Crippen molar-refractivity contribution < 1.29 is 4.79 Å². The predicted octanol–water partition coefficient (Wildman–Crippen LogP) is 3.79. The van der Waals surface area contributed by atoms with Gasteiger partial charge < -0.3 is 0 Å². The lowest BCUT2D eigenvalue weighted by molar-refractivity contribution is 0.0870. The molecule has 92 valence electrons. The van der Waals surface area contributed by atoms with Gasteiger partial charge >= 0.3 is 0 Å². The van der Waals surface area contributed by atoms with Gasteiger partial charge in [-0.1, -0.05) is 13.3 Å². The standard InChI is InChI=1S/C15H21NO/c1-3-12-5-8-13(9-6-12)15(17)14-7-4-11(2)16-10-14/h4,7,10,12-13H,3,5-6,8-9H2,1-2H3. The molecule has 0 spiro atoms. The van der Waals surface area contributed by atoms with Crippen LogP contribution in [0.15, 0.2) is 18.3 Å². The van der Waals surface area contributed by atoms with Crippen molar-refractivity contribution >= 4 is 5.78 Å². The van der Waals surface area contributed by atoms with Gasteiger partial charge in [-0.15, -0.1) is 0 Å². The van der Waals surface area contributed by atoms with Crippen molar-refractivity contribution in [1.29, 1.82) is 0 Å². The summed E-state index contributed by atoms with van der Waals surface area (Å²) in [7, 11) is 0. The Morgan fingerprint density at radius 1 is 1.29 bits per heavy atom. The van der Waals surface area contributed by atoms with E-state index in [2.05, 4.69) is 11.9 Å². The lowest BCUT2D eigenvalue weighted by Gasteiger charge is -2.26. The summed E-state index contributed by atoms with van der Waals surface area (Å²) in [6, 6.07) is 3.83. The minimum atomic E-state index is 0.238. The monoisotopic (exact) mass is 231 g/mol. The molecule has 17 heavy (non-hydrogen) atoms. The van der Waals surface area contributed by atoms with Crippen molar-refractivity contribution in [3.63, 3.8) is 0 Å². The van der Waals surface area contributed by atoms with E-state index in [0.717, 1.165) is 30.0 Å². The van der Waals surface area contributed by atoms with Gasteiger partial charge in [-0.05, 0) is 50.7 Å². The van der Waals surface area contributed by atoms with E-state index >= 15 is 0 Å². The molecule has 0 aliphatic heterocycles. The first kappa shape index (κ1) is 12.3. The normalized spacial score (nSPS) is 24.6. The molecule has 1 saturated carbocycles. The molecular formula is C15H21NO. The maximum absolute atomic E-state index is 12.3. The van der Waals surface area contributed by atoms with Crippen LogP contribution in [-0.2, 0) is 0 Å². The van der Waals surface area contributed by atoms with Crippen LogP contribution >= 0.6 is 0 Å². The maximum Gasteiger partial charge on any atom is 0.167 e. The number of pyridine rings is 1. The highest BCUT2D eigenvalue weighted by molar-refractivity contribution is 5.97. The Morgan fingerprint density at radius 3 is 2.53 bits per heavy atom. The fourth-order valence-electron chi connectivity index (χ4n) is 2.68. The molecule has 0 aromatic carbocycles. The van der Waals surface area contributed by atoms with E-state index in [1.165, 1.54) is 19.3 Å². The minimum Gasteiger partial charge on any atom is -0.294 e. The number of carbonyl (C=O) groups excluding carboxylic acids is 1. The highest BCUT2D eigenvalue weighted by Gasteiger charge is 2.26. The van der Waals surface area contributed by atoms with Crippen molar-refractivity contribution in [3.8, 4) is 0 Å². The molecule has 1 aliphatic rings. The van der Waals surface area contributed by atoms with Gasteiger partial charge in [0.05, 0.1) is 0 Å². The summed E-state index contributed by atoms with van der Waals surface area (Å²) in [5, 5.41) is 0. The number of nitrogens with zero attached hydrogens (tertiary/aromatic N) is 1. The second kappa shape index (κ2) is 5.44. The zero-order valence-corrected chi connectivity index (χ0v) is 10.8. The quantitative estimate of drug-likeness (QED) is 0.741. The van der Waals surface area contributed by atoms with Gasteiger partial charge in [-0.25, -0.2) is 0 Å². The fourth-order valence-corrected chi connectivity index (χ4v) is 2.68. The van der Waals surface area contributed by atoms with E-state index in [0.29, 0.717) is 5.78 Å². The van der Waals surface area contributed by atoms with Crippen LogP contribution in [0.1, 0.15) is 55.1 Å². The number of aromatic nitrogens is 1. The van der Waals surface area contributed by atoms with Crippen molar-refractivity contribution in [2.24, 2.45) is 11.8 Å². The van der Waals surface area contributed by atoms with E-state index in [1.807, 2.05) is 19.1 Å². The van der Waals surface area contributed by atoms with E-state index in [-0.39, 0.29) is 5.92 Å². The molecule has 0 unspecified atom stereocenters. The third-order valence-electron chi connectivity index (χ3n) is 3.99. The van der Waals surface area contributed by atoms with E-state index in [4.69, 9.17) is 0 Å². The third kappa shape index (κ3) is 2.93. The highest BCUT2D eigenvalue weighted by Crippen LogP contribution is 2.32. The average molecular weight is 231 g/mol. The minimum absolute atomic E-state index is 0.238. The van der Waals surface area contributed by atoms with Crippen LogP contribution in [0.25, 0.3) is 0 Å². The molecule has 0 bridgehead atoms. The van der Waals surface area contributed by atoms with Gasteiger partial charge in [0.25, 0.3) is 0 Å². The molecule has 0 saturated heterocycles. The Morgan fingerprint density at radius 2 is 2.00 bits per heavy atom. The molecule has 0 radical (unpaired) electrons. The molecule has 2 nitrogen and oxygen atoms in total. The second-order valence-electron chi connectivity index (χ2n) is 5.18. The number of carbonyl (C=O) groups is 1. The van der Waals surface area contributed by atoms with Crippen LogP contribution in [0, 0.1) is 18.8 Å². The Labute approximate surface area is 103 Å². The van der Waals surface area contributed by atoms with Crippen molar-refractivity contribution in [2.45, 2.75) is 46.0 Å². The molecule has 1 fully saturated rings. The summed E-state index contributed by atoms with van der Waals surface area (Å²) in [5.41, 5.74) is 1.76. The van der Waals surface area contributed by atoms with Crippen molar-refractivity contribution in [1.82, 2.24) is 4.98 Å². The van der Waals surface area contributed by atoms with Crippen LogP contribution in [-0.4, -0.2) is 10.8 Å². The van der Waals surface area contributed by atoms with Crippen LogP contribution in [0.5, 0.6) is 0 Å². The summed E-state index contributed by atoms with van der Waals surface area (Å²) in [5.74, 6) is 1.38. The van der Waals surface area contributed by atoms with E-state index in [9.17, 15) is 4.79 Å². The van der Waals surface area contributed by atoms with Crippen LogP contribution in [0.2, 0.25) is 0 Å². The zero-order valence-electron chi connectivity index (χ0n) is 10.8. The number of ketones is 1. The summed E-state index contributed by atoms with van der Waals surface area (Å²) < 4.78 is 0. The SMILES string of the molecule is CCC1CCC(C(=O)c2ccc(C)nc2)CC1. The molecular weight excluding hydrogens is 210 g/mol. The lowest BCUT2D eigenvalue weighted by atomic mass is 9.78. The summed E-state index contributed by atoms with van der Waals surface area (Å²) >= 11 is 0. The summed E-state index contributed by atoms with van der Waals surface area (Å²) in [6.45, 7) is 4.19. The van der Waals surface area contributed by atoms with E-state index in [1.54, 1.807) is 6.20 Å². The average Bonchev–Trinajstić information content (AvgIpc) is 2.39. The highest BCUT2D eigenvalue weighted by atomic mass is 16.1. The summed E-state index contributed by atoms with van der Waals surface area (Å²) in [4.78, 5) is 16.5. The number of hydrogen-bond donors (Lipinski definition) is 0. The van der Waals surface area contributed by atoms with Gasteiger partial charge in [0, 0.05) is 23.4 Å². The maximum atomic E-state index is 12.3. The van der Waals surface area contributed by atoms with E-state index < -0.39 is 0 Å². The Hall–Kier alpha value is -1.18. The smallest absolute Gasteiger partial charge is 0.167 e. The van der Waals surface area contributed by atoms with Crippen molar-refractivity contribution in [2.75, 3.05) is 0 Å². The molecule has 1 aliphatic carbocycles. The number of rotatable bonds is 3. The fraction of sp³-hybridized carbons (Fsp3) is 0.600. The topological polar surface area (TPSA) is 30.0 Å². The Balaban J connectivity index is 1.99. The molecule has 1 aromatic heterocycles. The molecule has 2 rings (SSSR count). The molecule has 2 heteroatoms. The zero-order chi connectivity index (χ0) is 12.3. The summed E-state index contributed by atoms with van der Waals surface area (Å²) in [6.07, 6.45) is 7.53. The Bertz CT molecular complexity index is 374. The number of hydrogen-bond acceptors (Lipinski definition) is 2. The predicted molar refractivity (Wildman–Crippen MR) is 69.0 cm³/mol. The molecule has 0 N–H and O–H groups in total. The van der Waals surface area contributed by atoms with Gasteiger partial charge in [0.2, 0.25) is 0 Å². The third-order valence-corrected chi connectivity index (χ3v) is 3.99. The van der Waals surface area contributed by atoms with Crippen LogP contribution in [0.4, 0.5) is 0 Å². The first-order chi connectivity index (χ1) is 8.20. The lowest BCUT2D eigenvalue weighted by Crippen LogP contribution is -2.21. The molecule has 0 amide bonds. The molecule has 1 aromatic rings. The Kier molecular flexibility index (Phi) is 3.93. The number of Topliss-reactive ketones (excluding diaryl/α,β-unsaturated/α-hetero) is 1. The largest absolute Gasteiger partial charge is 0.294 e. The second-order valence-corrected chi connectivity index (χ2v) is 5.18. The first-order valence-electron chi connectivity index (χ1n) is 6.67. The van der Waals surface area contributed by atoms with Crippen LogP contribution in [0.3, 0.4) is 0 Å². The van der Waals surface area contributed by atoms with Gasteiger partial charge in [-0.3, -0.25) is 9.78 Å². The molecule has 0 atom stereocenters. The van der Waals surface area contributed by atoms with Gasteiger partial charge in [0.15, 0.2) is 5.78 Å². The van der Waals surface area contributed by atoms with Gasteiger partial charge in [0.1, 0.15) is 0 Å². The van der Waals surface area contributed by atoms with Crippen LogP contribution < -0.4 is 0 Å².